The van der Waals surface area contributed by atoms with Crippen molar-refractivity contribution in [3.05, 3.63) is 12.2 Å². The van der Waals surface area contributed by atoms with Crippen molar-refractivity contribution in [1.29, 1.82) is 0 Å². The standard InChI is InChI=1S/C12H26N6O2/c13-3-5-15-7-9-17-11(19)1-2-12(20)18-10-8-16-6-4-14/h1-2,15-16H,3-10,13-14H2,(H,17,19)(H,18,20)/b2-1-. The van der Waals surface area contributed by atoms with E-state index in [1.807, 2.05) is 0 Å². The van der Waals surface area contributed by atoms with Gasteiger partial charge in [-0.05, 0) is 0 Å². The van der Waals surface area contributed by atoms with Gasteiger partial charge in [-0.3, -0.25) is 9.59 Å². The number of nitrogens with one attached hydrogen (secondary N) is 4. The predicted molar refractivity (Wildman–Crippen MR) is 79.0 cm³/mol. The van der Waals surface area contributed by atoms with Crippen LogP contribution in [0.2, 0.25) is 0 Å². The van der Waals surface area contributed by atoms with Gasteiger partial charge in [-0.15, -0.1) is 0 Å². The molecule has 0 radical (unpaired) electrons. The average Bonchev–Trinajstić information content (AvgIpc) is 2.44. The molecule has 0 aliphatic rings. The number of rotatable bonds is 12. The largest absolute Gasteiger partial charge is 0.351 e. The molecule has 8 N–H and O–H groups in total. The van der Waals surface area contributed by atoms with Gasteiger partial charge in [-0.2, -0.15) is 0 Å². The molecule has 0 unspecified atom stereocenters. The SMILES string of the molecule is NCCNCCNC(=O)/C=C\C(=O)NCCNCCN. The van der Waals surface area contributed by atoms with E-state index in [9.17, 15) is 9.59 Å². The number of hydrogen-bond donors (Lipinski definition) is 6. The van der Waals surface area contributed by atoms with Crippen molar-refractivity contribution in [2.75, 3.05) is 52.4 Å². The summed E-state index contributed by atoms with van der Waals surface area (Å²) >= 11 is 0. The number of carbonyl (C=O) groups is 2. The van der Waals surface area contributed by atoms with E-state index in [0.717, 1.165) is 0 Å². The van der Waals surface area contributed by atoms with Crippen molar-refractivity contribution in [1.82, 2.24) is 21.3 Å². The van der Waals surface area contributed by atoms with E-state index < -0.39 is 0 Å². The second-order valence-electron chi connectivity index (χ2n) is 3.99. The Labute approximate surface area is 119 Å². The van der Waals surface area contributed by atoms with Gasteiger partial charge in [0.05, 0.1) is 0 Å². The molecular formula is C12H26N6O2. The number of amides is 2. The minimum atomic E-state index is -0.295. The van der Waals surface area contributed by atoms with Crippen LogP contribution in [0.25, 0.3) is 0 Å². The van der Waals surface area contributed by atoms with E-state index in [1.165, 1.54) is 12.2 Å². The smallest absolute Gasteiger partial charge is 0.244 e. The molecule has 8 heteroatoms. The van der Waals surface area contributed by atoms with Crippen LogP contribution in [-0.4, -0.2) is 64.2 Å². The van der Waals surface area contributed by atoms with Gasteiger partial charge < -0.3 is 32.7 Å². The molecule has 0 heterocycles. The lowest BCUT2D eigenvalue weighted by Crippen LogP contribution is -2.34. The second-order valence-corrected chi connectivity index (χ2v) is 3.99. The van der Waals surface area contributed by atoms with Crippen LogP contribution < -0.4 is 32.7 Å². The Bertz CT molecular complexity index is 268. The lowest BCUT2D eigenvalue weighted by atomic mass is 10.4. The van der Waals surface area contributed by atoms with Crippen LogP contribution in [0.1, 0.15) is 0 Å². The molecule has 0 fully saturated rings. The third kappa shape index (κ3) is 13.0. The Morgan fingerprint density at radius 1 is 0.700 bits per heavy atom. The molecule has 0 aliphatic heterocycles. The third-order valence-corrected chi connectivity index (χ3v) is 2.23. The van der Waals surface area contributed by atoms with Crippen molar-refractivity contribution >= 4 is 11.8 Å². The van der Waals surface area contributed by atoms with Gasteiger partial charge in [-0.25, -0.2) is 0 Å². The Kier molecular flexibility index (Phi) is 12.9. The summed E-state index contributed by atoms with van der Waals surface area (Å²) in [7, 11) is 0. The summed E-state index contributed by atoms with van der Waals surface area (Å²) in [5, 5.41) is 11.4. The van der Waals surface area contributed by atoms with Crippen LogP contribution in [0.3, 0.4) is 0 Å². The van der Waals surface area contributed by atoms with Gasteiger partial charge in [0.15, 0.2) is 0 Å². The highest BCUT2D eigenvalue weighted by atomic mass is 16.2. The van der Waals surface area contributed by atoms with E-state index in [-0.39, 0.29) is 11.8 Å². The Hall–Kier alpha value is -1.48. The van der Waals surface area contributed by atoms with Crippen molar-refractivity contribution in [2.24, 2.45) is 11.5 Å². The number of carbonyl (C=O) groups excluding carboxylic acids is 2. The summed E-state index contributed by atoms with van der Waals surface area (Å²) in [6, 6.07) is 0. The fraction of sp³-hybridized carbons (Fsp3) is 0.667. The summed E-state index contributed by atoms with van der Waals surface area (Å²) in [6.07, 6.45) is 2.43. The van der Waals surface area contributed by atoms with Crippen molar-refractivity contribution < 1.29 is 9.59 Å². The minimum Gasteiger partial charge on any atom is -0.351 e. The predicted octanol–water partition coefficient (Wildman–Crippen LogP) is -3.13. The van der Waals surface area contributed by atoms with Crippen molar-refractivity contribution in [3.8, 4) is 0 Å². The van der Waals surface area contributed by atoms with Crippen LogP contribution in [0.15, 0.2) is 12.2 Å². The van der Waals surface area contributed by atoms with E-state index >= 15 is 0 Å². The molecule has 0 aromatic rings. The monoisotopic (exact) mass is 286 g/mol. The fourth-order valence-electron chi connectivity index (χ4n) is 1.27. The molecule has 0 aromatic carbocycles. The number of nitrogens with two attached hydrogens (primary N) is 2. The highest BCUT2D eigenvalue weighted by Crippen LogP contribution is 1.75. The van der Waals surface area contributed by atoms with E-state index in [0.29, 0.717) is 52.4 Å². The van der Waals surface area contributed by atoms with E-state index in [4.69, 9.17) is 11.5 Å². The lowest BCUT2D eigenvalue weighted by Gasteiger charge is -2.04. The first-order valence-corrected chi connectivity index (χ1v) is 6.76. The Morgan fingerprint density at radius 3 is 1.45 bits per heavy atom. The van der Waals surface area contributed by atoms with Gasteiger partial charge >= 0.3 is 0 Å². The Balaban J connectivity index is 3.54. The summed E-state index contributed by atoms with van der Waals surface area (Å²) in [5.41, 5.74) is 10.6. The van der Waals surface area contributed by atoms with Crippen LogP contribution in [0.4, 0.5) is 0 Å². The Morgan fingerprint density at radius 2 is 1.10 bits per heavy atom. The van der Waals surface area contributed by atoms with Crippen LogP contribution in [-0.2, 0) is 9.59 Å². The van der Waals surface area contributed by atoms with Crippen molar-refractivity contribution in [3.63, 3.8) is 0 Å². The molecule has 0 atom stereocenters. The molecule has 0 bridgehead atoms. The van der Waals surface area contributed by atoms with Gasteiger partial charge in [0.1, 0.15) is 0 Å². The molecule has 0 rings (SSSR count). The summed E-state index contributed by atoms with van der Waals surface area (Å²) in [5.74, 6) is -0.591. The third-order valence-electron chi connectivity index (χ3n) is 2.23. The zero-order chi connectivity index (χ0) is 15.1. The zero-order valence-electron chi connectivity index (χ0n) is 11.8. The molecule has 0 saturated carbocycles. The zero-order valence-corrected chi connectivity index (χ0v) is 11.8. The first kappa shape index (κ1) is 18.5. The maximum absolute atomic E-state index is 11.3. The molecule has 8 nitrogen and oxygen atoms in total. The average molecular weight is 286 g/mol. The highest BCUT2D eigenvalue weighted by molar-refractivity contribution is 5.96. The molecule has 116 valence electrons. The molecule has 0 aromatic heterocycles. The second kappa shape index (κ2) is 13.9. The van der Waals surface area contributed by atoms with Gasteiger partial charge in [0.25, 0.3) is 0 Å². The normalized spacial score (nSPS) is 10.7. The first-order chi connectivity index (χ1) is 9.70. The van der Waals surface area contributed by atoms with E-state index in [1.54, 1.807) is 0 Å². The number of hydrogen-bond acceptors (Lipinski definition) is 6. The first-order valence-electron chi connectivity index (χ1n) is 6.76. The maximum atomic E-state index is 11.3. The highest BCUT2D eigenvalue weighted by Gasteiger charge is 1.97. The van der Waals surface area contributed by atoms with Crippen LogP contribution in [0, 0.1) is 0 Å². The molecule has 0 saturated heterocycles. The summed E-state index contributed by atoms with van der Waals surface area (Å²) in [6.45, 7) is 4.84. The van der Waals surface area contributed by atoms with Gasteiger partial charge in [0.2, 0.25) is 11.8 Å². The maximum Gasteiger partial charge on any atom is 0.244 e. The molecule has 20 heavy (non-hydrogen) atoms. The lowest BCUT2D eigenvalue weighted by molar-refractivity contribution is -0.118. The van der Waals surface area contributed by atoms with Crippen LogP contribution in [0.5, 0.6) is 0 Å². The summed E-state index contributed by atoms with van der Waals surface area (Å²) in [4.78, 5) is 22.7. The fourth-order valence-corrected chi connectivity index (χ4v) is 1.27. The molecule has 2 amide bonds. The molecular weight excluding hydrogens is 260 g/mol. The summed E-state index contributed by atoms with van der Waals surface area (Å²) < 4.78 is 0. The quantitative estimate of drug-likeness (QED) is 0.166. The van der Waals surface area contributed by atoms with Gasteiger partial charge in [-0.1, -0.05) is 0 Å². The topological polar surface area (TPSA) is 134 Å². The van der Waals surface area contributed by atoms with Crippen molar-refractivity contribution in [2.45, 2.75) is 0 Å². The molecule has 0 aliphatic carbocycles. The molecule has 0 spiro atoms. The van der Waals surface area contributed by atoms with Crippen LogP contribution >= 0.6 is 0 Å². The van der Waals surface area contributed by atoms with E-state index in [2.05, 4.69) is 21.3 Å². The minimum absolute atomic E-state index is 0.295. The van der Waals surface area contributed by atoms with Gasteiger partial charge in [0, 0.05) is 64.5 Å².